The number of sulfonamides is 1. The van der Waals surface area contributed by atoms with Crippen molar-refractivity contribution in [2.75, 3.05) is 25.0 Å². The number of aryl methyl sites for hydroxylation is 1. The van der Waals surface area contributed by atoms with Crippen LogP contribution in [0.25, 0.3) is 10.8 Å². The number of ether oxygens (including phenoxy) is 1. The van der Waals surface area contributed by atoms with Gasteiger partial charge in [-0.2, -0.15) is 4.31 Å². The molecule has 176 valence electrons. The van der Waals surface area contributed by atoms with E-state index in [0.717, 1.165) is 4.88 Å². The van der Waals surface area contributed by atoms with E-state index < -0.39 is 28.5 Å². The average Bonchev–Trinajstić information content (AvgIpc) is 3.43. The summed E-state index contributed by atoms with van der Waals surface area (Å²) in [6.45, 7) is 5.38. The Balaban J connectivity index is 1.56. The smallest absolute Gasteiger partial charge is 0.312 e. The van der Waals surface area contributed by atoms with Crippen LogP contribution in [0.15, 0.2) is 51.1 Å². The standard InChI is InChI=1S/C22H25N3O6S2/c1-4-25(5-2)33(28,29)17-9-6-8-16(12-17)23-20(26)14-30-21(27)13-18-15(3)31-22(24-18)19-10-7-11-32-19/h6-12H,4-5,13-14H2,1-3H3,(H,23,26). The molecule has 0 bridgehead atoms. The number of hydrogen-bond donors (Lipinski definition) is 1. The lowest BCUT2D eigenvalue weighted by Crippen LogP contribution is -2.30. The molecule has 9 nitrogen and oxygen atoms in total. The molecule has 0 aliphatic rings. The Kier molecular flexibility index (Phi) is 8.01. The molecule has 0 saturated heterocycles. The third-order valence-corrected chi connectivity index (χ3v) is 7.67. The highest BCUT2D eigenvalue weighted by Crippen LogP contribution is 2.26. The van der Waals surface area contributed by atoms with Gasteiger partial charge in [-0.25, -0.2) is 13.4 Å². The summed E-state index contributed by atoms with van der Waals surface area (Å²) in [5.74, 6) is -0.275. The number of anilines is 1. The summed E-state index contributed by atoms with van der Waals surface area (Å²) >= 11 is 1.47. The molecule has 1 N–H and O–H groups in total. The summed E-state index contributed by atoms with van der Waals surface area (Å²) in [5.41, 5.74) is 0.732. The zero-order valence-corrected chi connectivity index (χ0v) is 20.2. The lowest BCUT2D eigenvalue weighted by molar-refractivity contribution is -0.146. The molecular weight excluding hydrogens is 466 g/mol. The predicted molar refractivity (Wildman–Crippen MR) is 124 cm³/mol. The highest BCUT2D eigenvalue weighted by Gasteiger charge is 2.22. The van der Waals surface area contributed by atoms with Crippen LogP contribution < -0.4 is 5.32 Å². The van der Waals surface area contributed by atoms with E-state index in [2.05, 4.69) is 10.3 Å². The summed E-state index contributed by atoms with van der Waals surface area (Å²) in [7, 11) is -3.66. The molecule has 2 aromatic heterocycles. The fourth-order valence-corrected chi connectivity index (χ4v) is 5.23. The van der Waals surface area contributed by atoms with Crippen LogP contribution in [0.4, 0.5) is 5.69 Å². The number of nitrogens with zero attached hydrogens (tertiary/aromatic N) is 2. The normalized spacial score (nSPS) is 11.5. The zero-order valence-electron chi connectivity index (χ0n) is 18.5. The molecule has 11 heteroatoms. The van der Waals surface area contributed by atoms with Gasteiger partial charge >= 0.3 is 5.97 Å². The first-order chi connectivity index (χ1) is 15.7. The molecule has 3 rings (SSSR count). The Labute approximate surface area is 196 Å². The van der Waals surface area contributed by atoms with Gasteiger partial charge in [-0.1, -0.05) is 26.0 Å². The van der Waals surface area contributed by atoms with Gasteiger partial charge < -0.3 is 14.5 Å². The van der Waals surface area contributed by atoms with Crippen molar-refractivity contribution in [1.29, 1.82) is 0 Å². The first kappa shape index (κ1) is 24.6. The van der Waals surface area contributed by atoms with Crippen molar-refractivity contribution < 1.29 is 27.2 Å². The van der Waals surface area contributed by atoms with Crippen LogP contribution >= 0.6 is 11.3 Å². The topological polar surface area (TPSA) is 119 Å². The van der Waals surface area contributed by atoms with E-state index >= 15 is 0 Å². The van der Waals surface area contributed by atoms with Crippen LogP contribution in [0.5, 0.6) is 0 Å². The number of nitrogens with one attached hydrogen (secondary N) is 1. The van der Waals surface area contributed by atoms with E-state index in [0.29, 0.717) is 30.4 Å². The Hall–Kier alpha value is -3.02. The van der Waals surface area contributed by atoms with E-state index in [9.17, 15) is 18.0 Å². The number of rotatable bonds is 10. The van der Waals surface area contributed by atoms with Gasteiger partial charge in [0.25, 0.3) is 5.91 Å². The third kappa shape index (κ3) is 6.06. The van der Waals surface area contributed by atoms with Crippen molar-refractivity contribution in [3.63, 3.8) is 0 Å². The highest BCUT2D eigenvalue weighted by molar-refractivity contribution is 7.89. The van der Waals surface area contributed by atoms with E-state index in [4.69, 9.17) is 9.15 Å². The number of oxazole rings is 1. The van der Waals surface area contributed by atoms with Crippen LogP contribution in [0.2, 0.25) is 0 Å². The molecule has 0 spiro atoms. The van der Waals surface area contributed by atoms with Crippen LogP contribution in [0.1, 0.15) is 25.3 Å². The van der Waals surface area contributed by atoms with Crippen molar-refractivity contribution >= 4 is 38.9 Å². The van der Waals surface area contributed by atoms with Gasteiger partial charge in [-0.3, -0.25) is 9.59 Å². The quantitative estimate of drug-likeness (QED) is 0.431. The van der Waals surface area contributed by atoms with Crippen LogP contribution in [-0.2, 0) is 30.8 Å². The number of amides is 1. The summed E-state index contributed by atoms with van der Waals surface area (Å²) in [6, 6.07) is 9.68. The lowest BCUT2D eigenvalue weighted by Gasteiger charge is -2.18. The number of hydrogen-bond acceptors (Lipinski definition) is 8. The van der Waals surface area contributed by atoms with Crippen molar-refractivity contribution in [2.45, 2.75) is 32.1 Å². The number of thiophene rings is 1. The lowest BCUT2D eigenvalue weighted by atomic mass is 10.3. The molecule has 3 aromatic rings. The minimum Gasteiger partial charge on any atom is -0.455 e. The average molecular weight is 492 g/mol. The molecule has 0 unspecified atom stereocenters. The second kappa shape index (κ2) is 10.7. The van der Waals surface area contributed by atoms with Crippen molar-refractivity contribution in [2.24, 2.45) is 0 Å². The Morgan fingerprint density at radius 1 is 1.18 bits per heavy atom. The van der Waals surface area contributed by atoms with Gasteiger partial charge in [0.15, 0.2) is 6.61 Å². The number of carbonyl (C=O) groups excluding carboxylic acids is 2. The fraction of sp³-hybridized carbons (Fsp3) is 0.318. The maximum absolute atomic E-state index is 12.7. The molecule has 33 heavy (non-hydrogen) atoms. The Bertz CT molecular complexity index is 1210. The van der Waals surface area contributed by atoms with E-state index in [1.165, 1.54) is 33.8 Å². The molecule has 1 aromatic carbocycles. The predicted octanol–water partition coefficient (Wildman–Crippen LogP) is 3.47. The maximum atomic E-state index is 12.7. The van der Waals surface area contributed by atoms with Gasteiger partial charge in [0.1, 0.15) is 5.76 Å². The van der Waals surface area contributed by atoms with Crippen LogP contribution in [-0.4, -0.2) is 49.3 Å². The van der Waals surface area contributed by atoms with Gasteiger partial charge in [-0.15, -0.1) is 11.3 Å². The molecular formula is C22H25N3O6S2. The second-order valence-corrected chi connectivity index (χ2v) is 9.89. The molecule has 0 aliphatic heterocycles. The minimum absolute atomic E-state index is 0.0732. The van der Waals surface area contributed by atoms with Gasteiger partial charge in [0, 0.05) is 18.8 Å². The second-order valence-electron chi connectivity index (χ2n) is 7.00. The van der Waals surface area contributed by atoms with E-state index in [1.54, 1.807) is 26.8 Å². The molecule has 0 fully saturated rings. The van der Waals surface area contributed by atoms with Gasteiger partial charge in [-0.05, 0) is 36.6 Å². The number of benzene rings is 1. The number of aromatic nitrogens is 1. The van der Waals surface area contributed by atoms with Gasteiger partial charge in [0.2, 0.25) is 15.9 Å². The monoisotopic (exact) mass is 491 g/mol. The minimum atomic E-state index is -3.66. The Morgan fingerprint density at radius 3 is 2.61 bits per heavy atom. The summed E-state index contributed by atoms with van der Waals surface area (Å²) in [5, 5.41) is 4.45. The first-order valence-corrected chi connectivity index (χ1v) is 12.6. The van der Waals surface area contributed by atoms with E-state index in [-0.39, 0.29) is 17.0 Å². The fourth-order valence-electron chi connectivity index (χ4n) is 3.08. The molecule has 2 heterocycles. The van der Waals surface area contributed by atoms with Crippen LogP contribution in [0.3, 0.4) is 0 Å². The number of carbonyl (C=O) groups is 2. The number of esters is 1. The zero-order chi connectivity index (χ0) is 24.0. The SMILES string of the molecule is CCN(CC)S(=O)(=O)c1cccc(NC(=O)COC(=O)Cc2nc(-c3cccs3)oc2C)c1. The van der Waals surface area contributed by atoms with Crippen LogP contribution in [0, 0.1) is 6.92 Å². The van der Waals surface area contributed by atoms with Crippen molar-refractivity contribution in [3.8, 4) is 10.8 Å². The summed E-state index contributed by atoms with van der Waals surface area (Å²) in [6.07, 6.45) is -0.133. The Morgan fingerprint density at radius 2 is 1.94 bits per heavy atom. The third-order valence-electron chi connectivity index (χ3n) is 4.76. The van der Waals surface area contributed by atoms with Crippen molar-refractivity contribution in [3.05, 3.63) is 53.2 Å². The summed E-state index contributed by atoms with van der Waals surface area (Å²) in [4.78, 5) is 29.7. The van der Waals surface area contributed by atoms with Crippen molar-refractivity contribution in [1.82, 2.24) is 9.29 Å². The maximum Gasteiger partial charge on any atom is 0.312 e. The van der Waals surface area contributed by atoms with E-state index in [1.807, 2.05) is 17.5 Å². The highest BCUT2D eigenvalue weighted by atomic mass is 32.2. The molecule has 1 amide bonds. The first-order valence-electron chi connectivity index (χ1n) is 10.3. The largest absolute Gasteiger partial charge is 0.455 e. The summed E-state index contributed by atoms with van der Waals surface area (Å²) < 4.78 is 37.3. The molecule has 0 aliphatic carbocycles. The molecule has 0 saturated carbocycles. The molecule has 0 atom stereocenters. The molecule has 0 radical (unpaired) electrons. The van der Waals surface area contributed by atoms with Gasteiger partial charge in [0.05, 0.1) is 21.9 Å².